The van der Waals surface area contributed by atoms with Gasteiger partial charge >= 0.3 is 5.97 Å². The van der Waals surface area contributed by atoms with Gasteiger partial charge in [-0.2, -0.15) is 9.04 Å². The average Bonchev–Trinajstić information content (AvgIpc) is 3.65. The number of rotatable bonds is 11. The first-order chi connectivity index (χ1) is 19.7. The van der Waals surface area contributed by atoms with E-state index in [-0.39, 0.29) is 27.9 Å². The van der Waals surface area contributed by atoms with Gasteiger partial charge in [0.25, 0.3) is 0 Å². The number of thioether (sulfide) groups is 1. The molecule has 2 atom stereocenters. The van der Waals surface area contributed by atoms with Crippen molar-refractivity contribution < 1.29 is 32.2 Å². The highest BCUT2D eigenvalue weighted by Crippen LogP contribution is 2.38. The number of benzene rings is 2. The fraction of sp³-hybridized carbons (Fsp3) is 0.357. The maximum Gasteiger partial charge on any atom is 0.335 e. The van der Waals surface area contributed by atoms with Crippen LogP contribution in [0.15, 0.2) is 65.8 Å². The van der Waals surface area contributed by atoms with Gasteiger partial charge in [-0.3, -0.25) is 0 Å². The fourth-order valence-electron chi connectivity index (χ4n) is 4.45. The van der Waals surface area contributed by atoms with E-state index in [1.165, 1.54) is 43.4 Å². The molecule has 2 aromatic carbocycles. The number of pyridine rings is 1. The van der Waals surface area contributed by atoms with E-state index in [0.717, 1.165) is 17.1 Å². The van der Waals surface area contributed by atoms with Gasteiger partial charge in [0.1, 0.15) is 16.1 Å². The van der Waals surface area contributed by atoms with Gasteiger partial charge in [0.05, 0.1) is 18.6 Å². The quantitative estimate of drug-likeness (QED) is 0.164. The molecule has 2 heterocycles. The first-order valence-electron chi connectivity index (χ1n) is 12.9. The first kappa shape index (κ1) is 29.8. The summed E-state index contributed by atoms with van der Waals surface area (Å²) in [6.07, 6.45) is 3.64. The highest BCUT2D eigenvalue weighted by molar-refractivity contribution is 8.02. The van der Waals surface area contributed by atoms with Crippen LogP contribution in [-0.2, 0) is 26.0 Å². The van der Waals surface area contributed by atoms with Crippen molar-refractivity contribution in [3.05, 3.63) is 87.3 Å². The number of carbonyl (C=O) groups is 1. The molecule has 9 nitrogen and oxygen atoms in total. The standard InChI is InChI=1S/C28H28Cl2N2O7S2/c1-37-24-10-9-19(13-26(24)38-17-18-7-8-18)25(14-21-22(29)15-31(34)16-23(21)30)39-28(33)27-32(11-12-40-27)41(35,36)20-5-3-2-4-6-20/h2-6,9-10,13,15-16,18,25,27H,7-8,11-12,14,17H2,1H3. The lowest BCUT2D eigenvalue weighted by atomic mass is 10.0. The number of carbonyl (C=O) groups excluding carboxylic acids is 1. The van der Waals surface area contributed by atoms with E-state index in [4.69, 9.17) is 37.4 Å². The Bertz CT molecular complexity index is 1500. The van der Waals surface area contributed by atoms with Gasteiger partial charge in [0, 0.05) is 24.3 Å². The number of hydrogen-bond acceptors (Lipinski definition) is 8. The van der Waals surface area contributed by atoms with Crippen LogP contribution in [0.4, 0.5) is 0 Å². The summed E-state index contributed by atoms with van der Waals surface area (Å²) in [7, 11) is -2.40. The second kappa shape index (κ2) is 12.7. The van der Waals surface area contributed by atoms with E-state index in [9.17, 15) is 18.4 Å². The zero-order valence-electron chi connectivity index (χ0n) is 22.1. The Labute approximate surface area is 252 Å². The van der Waals surface area contributed by atoms with Crippen molar-refractivity contribution in [1.82, 2.24) is 4.31 Å². The minimum atomic E-state index is -3.94. The zero-order valence-corrected chi connectivity index (χ0v) is 25.2. The monoisotopic (exact) mass is 638 g/mol. The Morgan fingerprint density at radius 3 is 2.49 bits per heavy atom. The van der Waals surface area contributed by atoms with Crippen LogP contribution in [0.3, 0.4) is 0 Å². The van der Waals surface area contributed by atoms with Crippen molar-refractivity contribution in [3.63, 3.8) is 0 Å². The molecule has 2 aliphatic rings. The van der Waals surface area contributed by atoms with Crippen molar-refractivity contribution in [2.75, 3.05) is 26.0 Å². The number of nitrogens with zero attached hydrogens (tertiary/aromatic N) is 2. The molecule has 13 heteroatoms. The van der Waals surface area contributed by atoms with E-state index in [1.54, 1.807) is 36.4 Å². The number of ether oxygens (including phenoxy) is 3. The highest BCUT2D eigenvalue weighted by atomic mass is 35.5. The molecular formula is C28H28Cl2N2O7S2. The van der Waals surface area contributed by atoms with Crippen LogP contribution in [0.2, 0.25) is 10.0 Å². The molecule has 0 spiro atoms. The van der Waals surface area contributed by atoms with Crippen LogP contribution in [0.25, 0.3) is 0 Å². The van der Waals surface area contributed by atoms with Gasteiger partial charge in [-0.25, -0.2) is 13.2 Å². The lowest BCUT2D eigenvalue weighted by Crippen LogP contribution is -2.40. The summed E-state index contributed by atoms with van der Waals surface area (Å²) in [6.45, 7) is 0.697. The summed E-state index contributed by atoms with van der Waals surface area (Å²) in [5, 5.41) is 11.0. The van der Waals surface area contributed by atoms with Crippen LogP contribution < -0.4 is 14.2 Å². The predicted molar refractivity (Wildman–Crippen MR) is 156 cm³/mol. The first-order valence-corrected chi connectivity index (χ1v) is 16.2. The van der Waals surface area contributed by atoms with Crippen LogP contribution in [0.5, 0.6) is 11.5 Å². The molecule has 41 heavy (non-hydrogen) atoms. The summed E-state index contributed by atoms with van der Waals surface area (Å²) in [4.78, 5) is 13.7. The molecular weight excluding hydrogens is 611 g/mol. The largest absolute Gasteiger partial charge is 0.619 e. The summed E-state index contributed by atoms with van der Waals surface area (Å²) in [6, 6.07) is 13.2. The molecule has 1 aliphatic heterocycles. The number of methoxy groups -OCH3 is 1. The molecule has 1 saturated heterocycles. The Kier molecular flexibility index (Phi) is 9.20. The van der Waals surface area contributed by atoms with Crippen LogP contribution in [0.1, 0.15) is 30.1 Å². The average molecular weight is 640 g/mol. The third-order valence-corrected chi connectivity index (χ3v) is 10.7. The fourth-order valence-corrected chi connectivity index (χ4v) is 8.12. The molecule has 0 radical (unpaired) electrons. The summed E-state index contributed by atoms with van der Waals surface area (Å²) in [5.74, 6) is 1.21. The van der Waals surface area contributed by atoms with Crippen molar-refractivity contribution in [1.29, 1.82) is 0 Å². The number of sulfonamides is 1. The summed E-state index contributed by atoms with van der Waals surface area (Å²) in [5.41, 5.74) is 0.971. The molecule has 218 valence electrons. The molecule has 5 rings (SSSR count). The maximum atomic E-state index is 13.6. The number of aromatic nitrogens is 1. The Morgan fingerprint density at radius 1 is 1.12 bits per heavy atom. The number of hydrogen-bond donors (Lipinski definition) is 0. The van der Waals surface area contributed by atoms with Crippen LogP contribution in [0, 0.1) is 11.1 Å². The molecule has 0 amide bonds. The highest BCUT2D eigenvalue weighted by Gasteiger charge is 2.42. The molecule has 1 saturated carbocycles. The molecule has 2 fully saturated rings. The second-order valence-corrected chi connectivity index (χ2v) is 13.6. The van der Waals surface area contributed by atoms with E-state index in [0.29, 0.717) is 45.6 Å². The van der Waals surface area contributed by atoms with Crippen molar-refractivity contribution in [2.45, 2.75) is 35.6 Å². The molecule has 0 N–H and O–H groups in total. The van der Waals surface area contributed by atoms with E-state index in [2.05, 4.69) is 0 Å². The van der Waals surface area contributed by atoms with Crippen LogP contribution in [-0.4, -0.2) is 50.1 Å². The Hall–Kier alpha value is -2.70. The second-order valence-electron chi connectivity index (χ2n) is 9.74. The Morgan fingerprint density at radius 2 is 1.83 bits per heavy atom. The topological polar surface area (TPSA) is 109 Å². The smallest absolute Gasteiger partial charge is 0.335 e. The van der Waals surface area contributed by atoms with Crippen molar-refractivity contribution in [3.8, 4) is 11.5 Å². The van der Waals surface area contributed by atoms with Crippen LogP contribution >= 0.6 is 35.0 Å². The minimum Gasteiger partial charge on any atom is -0.619 e. The van der Waals surface area contributed by atoms with Gasteiger partial charge in [0.2, 0.25) is 10.0 Å². The lowest BCUT2D eigenvalue weighted by Gasteiger charge is -2.26. The Balaban J connectivity index is 1.46. The van der Waals surface area contributed by atoms with E-state index in [1.807, 2.05) is 0 Å². The van der Waals surface area contributed by atoms with Crippen molar-refractivity contribution >= 4 is 51.0 Å². The normalized spacial score (nSPS) is 18.2. The minimum absolute atomic E-state index is 0.0292. The van der Waals surface area contributed by atoms with Gasteiger partial charge in [-0.05, 0) is 48.6 Å². The van der Waals surface area contributed by atoms with Gasteiger partial charge in [-0.1, -0.05) is 47.5 Å². The SMILES string of the molecule is COc1ccc(C(Cc2c(Cl)c[n+]([O-])cc2Cl)OC(=O)C2SCCN2S(=O)(=O)c2ccccc2)cc1OCC1CC1. The molecule has 1 aliphatic carbocycles. The third kappa shape index (κ3) is 6.86. The zero-order chi connectivity index (χ0) is 29.1. The maximum absolute atomic E-state index is 13.6. The third-order valence-electron chi connectivity index (χ3n) is 6.84. The van der Waals surface area contributed by atoms with Gasteiger partial charge in [-0.15, -0.1) is 11.8 Å². The van der Waals surface area contributed by atoms with Gasteiger partial charge < -0.3 is 19.4 Å². The number of halogens is 2. The van der Waals surface area contributed by atoms with E-state index < -0.39 is 27.5 Å². The number of esters is 1. The molecule has 3 aromatic rings. The van der Waals surface area contributed by atoms with E-state index >= 15 is 0 Å². The molecule has 0 bridgehead atoms. The predicted octanol–water partition coefficient (Wildman–Crippen LogP) is 5.02. The molecule has 1 aromatic heterocycles. The summed E-state index contributed by atoms with van der Waals surface area (Å²) < 4.78 is 45.9. The van der Waals surface area contributed by atoms with Crippen molar-refractivity contribution in [2.24, 2.45) is 5.92 Å². The lowest BCUT2D eigenvalue weighted by molar-refractivity contribution is -0.605. The summed E-state index contributed by atoms with van der Waals surface area (Å²) >= 11 is 13.9. The molecule has 2 unspecified atom stereocenters. The van der Waals surface area contributed by atoms with Gasteiger partial charge in [0.15, 0.2) is 29.3 Å².